The lowest BCUT2D eigenvalue weighted by atomic mass is 9.93. The topological polar surface area (TPSA) is 15.3 Å². The van der Waals surface area contributed by atoms with E-state index in [1.54, 1.807) is 0 Å². The lowest BCUT2D eigenvalue weighted by Gasteiger charge is -2.36. The van der Waals surface area contributed by atoms with Crippen LogP contribution in [0.5, 0.6) is 0 Å². The highest BCUT2D eigenvalue weighted by molar-refractivity contribution is 4.86. The molecule has 0 amide bonds. The molecule has 1 aliphatic heterocycles. The highest BCUT2D eigenvalue weighted by Crippen LogP contribution is 2.32. The fourth-order valence-electron chi connectivity index (χ4n) is 3.65. The first-order valence-corrected chi connectivity index (χ1v) is 7.89. The van der Waals surface area contributed by atoms with Gasteiger partial charge in [-0.3, -0.25) is 4.90 Å². The van der Waals surface area contributed by atoms with Crippen LogP contribution < -0.4 is 5.32 Å². The van der Waals surface area contributed by atoms with Crippen molar-refractivity contribution in [2.24, 2.45) is 5.92 Å². The van der Waals surface area contributed by atoms with Crippen molar-refractivity contribution in [3.63, 3.8) is 0 Å². The average Bonchev–Trinajstić information content (AvgIpc) is 3.04. The first-order valence-electron chi connectivity index (χ1n) is 7.89. The summed E-state index contributed by atoms with van der Waals surface area (Å²) in [7, 11) is 0. The second kappa shape index (κ2) is 5.71. The molecule has 2 nitrogen and oxygen atoms in total. The van der Waals surface area contributed by atoms with Crippen molar-refractivity contribution >= 4 is 0 Å². The molecular formula is C15H28N2. The van der Waals surface area contributed by atoms with Crippen molar-refractivity contribution in [3.05, 3.63) is 0 Å². The minimum absolute atomic E-state index is 0.802. The lowest BCUT2D eigenvalue weighted by molar-refractivity contribution is 0.138. The van der Waals surface area contributed by atoms with E-state index in [2.05, 4.69) is 10.2 Å². The highest BCUT2D eigenvalue weighted by Gasteiger charge is 2.30. The minimum atomic E-state index is 0.802. The van der Waals surface area contributed by atoms with Gasteiger partial charge < -0.3 is 5.32 Å². The third kappa shape index (κ3) is 3.45. The van der Waals surface area contributed by atoms with Crippen molar-refractivity contribution in [1.82, 2.24) is 10.2 Å². The third-order valence-electron chi connectivity index (χ3n) is 4.90. The molecule has 98 valence electrons. The van der Waals surface area contributed by atoms with Crippen molar-refractivity contribution in [2.45, 2.75) is 69.9 Å². The van der Waals surface area contributed by atoms with Gasteiger partial charge in [0.05, 0.1) is 0 Å². The van der Waals surface area contributed by atoms with Gasteiger partial charge in [-0.2, -0.15) is 0 Å². The Labute approximate surface area is 106 Å². The zero-order valence-corrected chi connectivity index (χ0v) is 11.2. The summed E-state index contributed by atoms with van der Waals surface area (Å²) in [4.78, 5) is 2.86. The first-order chi connectivity index (χ1) is 8.42. The normalized spacial score (nSPS) is 31.2. The van der Waals surface area contributed by atoms with Gasteiger partial charge >= 0.3 is 0 Å². The molecule has 0 aromatic heterocycles. The van der Waals surface area contributed by atoms with Crippen molar-refractivity contribution in [3.8, 4) is 0 Å². The minimum Gasteiger partial charge on any atom is -0.313 e. The quantitative estimate of drug-likeness (QED) is 0.789. The SMILES string of the molecule is C1CCC(N(CC2CC2)CC2CCCN2)CC1. The fourth-order valence-corrected chi connectivity index (χ4v) is 3.65. The lowest BCUT2D eigenvalue weighted by Crippen LogP contribution is -2.45. The number of nitrogens with one attached hydrogen (secondary N) is 1. The first kappa shape index (κ1) is 12.0. The predicted octanol–water partition coefficient (Wildman–Crippen LogP) is 2.78. The van der Waals surface area contributed by atoms with Crippen LogP contribution in [0, 0.1) is 5.92 Å². The molecule has 1 unspecified atom stereocenters. The van der Waals surface area contributed by atoms with Gasteiger partial charge in [-0.25, -0.2) is 0 Å². The van der Waals surface area contributed by atoms with Crippen LogP contribution in [0.15, 0.2) is 0 Å². The zero-order chi connectivity index (χ0) is 11.5. The van der Waals surface area contributed by atoms with Crippen LogP contribution in [0.1, 0.15) is 57.8 Å². The van der Waals surface area contributed by atoms with E-state index in [9.17, 15) is 0 Å². The molecule has 0 aromatic carbocycles. The van der Waals surface area contributed by atoms with Crippen molar-refractivity contribution in [2.75, 3.05) is 19.6 Å². The second-order valence-electron chi connectivity index (χ2n) is 6.48. The van der Waals surface area contributed by atoms with E-state index in [0.717, 1.165) is 18.0 Å². The zero-order valence-electron chi connectivity index (χ0n) is 11.2. The number of nitrogens with zero attached hydrogens (tertiary/aromatic N) is 1. The van der Waals surface area contributed by atoms with Gasteiger partial charge in [0.1, 0.15) is 0 Å². The molecule has 0 bridgehead atoms. The molecule has 1 saturated heterocycles. The van der Waals surface area contributed by atoms with Crippen molar-refractivity contribution in [1.29, 1.82) is 0 Å². The fraction of sp³-hybridized carbons (Fsp3) is 1.00. The van der Waals surface area contributed by atoms with Gasteiger partial charge in [0.15, 0.2) is 0 Å². The van der Waals surface area contributed by atoms with Gasteiger partial charge in [0.25, 0.3) is 0 Å². The molecule has 0 radical (unpaired) electrons. The summed E-state index contributed by atoms with van der Waals surface area (Å²) in [6, 6.07) is 1.72. The molecule has 3 fully saturated rings. The Morgan fingerprint density at radius 2 is 1.65 bits per heavy atom. The molecule has 3 aliphatic rings. The molecule has 1 heterocycles. The van der Waals surface area contributed by atoms with Crippen LogP contribution in [0.25, 0.3) is 0 Å². The average molecular weight is 236 g/mol. The van der Waals surface area contributed by atoms with Crippen LogP contribution in [0.3, 0.4) is 0 Å². The summed E-state index contributed by atoms with van der Waals surface area (Å²) in [5, 5.41) is 3.68. The molecule has 2 aliphatic carbocycles. The summed E-state index contributed by atoms with van der Waals surface area (Å²) in [6.45, 7) is 4.00. The van der Waals surface area contributed by atoms with E-state index >= 15 is 0 Å². The predicted molar refractivity (Wildman–Crippen MR) is 72.2 cm³/mol. The van der Waals surface area contributed by atoms with E-state index in [1.165, 1.54) is 77.4 Å². The number of hydrogen-bond acceptors (Lipinski definition) is 2. The Hall–Kier alpha value is -0.0800. The Morgan fingerprint density at radius 1 is 0.824 bits per heavy atom. The smallest absolute Gasteiger partial charge is 0.0195 e. The maximum Gasteiger partial charge on any atom is 0.0195 e. The Kier molecular flexibility index (Phi) is 4.02. The Morgan fingerprint density at radius 3 is 2.29 bits per heavy atom. The largest absolute Gasteiger partial charge is 0.313 e. The standard InChI is InChI=1S/C15H28N2/c1-2-6-15(7-3-1)17(11-13-8-9-13)12-14-5-4-10-16-14/h13-16H,1-12H2. The van der Waals surface area contributed by atoms with E-state index in [0.29, 0.717) is 0 Å². The number of hydrogen-bond donors (Lipinski definition) is 1. The summed E-state index contributed by atoms with van der Waals surface area (Å²) in [5.74, 6) is 1.05. The van der Waals surface area contributed by atoms with Crippen LogP contribution in [0.4, 0.5) is 0 Å². The van der Waals surface area contributed by atoms with E-state index < -0.39 is 0 Å². The van der Waals surface area contributed by atoms with Gasteiger partial charge in [-0.1, -0.05) is 19.3 Å². The molecule has 1 atom stereocenters. The summed E-state index contributed by atoms with van der Waals surface area (Å²) >= 11 is 0. The summed E-state index contributed by atoms with van der Waals surface area (Å²) < 4.78 is 0. The van der Waals surface area contributed by atoms with E-state index in [4.69, 9.17) is 0 Å². The monoisotopic (exact) mass is 236 g/mol. The molecule has 2 saturated carbocycles. The Bertz CT molecular complexity index is 225. The molecule has 3 rings (SSSR count). The highest BCUT2D eigenvalue weighted by atomic mass is 15.2. The third-order valence-corrected chi connectivity index (χ3v) is 4.90. The Balaban J connectivity index is 1.54. The van der Waals surface area contributed by atoms with Gasteiger partial charge in [0, 0.05) is 25.2 Å². The van der Waals surface area contributed by atoms with Crippen LogP contribution >= 0.6 is 0 Å². The summed E-state index contributed by atoms with van der Waals surface area (Å²) in [6.07, 6.45) is 13.2. The van der Waals surface area contributed by atoms with Gasteiger partial charge in [0.2, 0.25) is 0 Å². The second-order valence-corrected chi connectivity index (χ2v) is 6.48. The van der Waals surface area contributed by atoms with Crippen LogP contribution in [-0.2, 0) is 0 Å². The van der Waals surface area contributed by atoms with Gasteiger partial charge in [-0.15, -0.1) is 0 Å². The molecule has 0 aromatic rings. The number of rotatable bonds is 5. The molecule has 1 N–H and O–H groups in total. The van der Waals surface area contributed by atoms with E-state index in [-0.39, 0.29) is 0 Å². The van der Waals surface area contributed by atoms with Crippen molar-refractivity contribution < 1.29 is 0 Å². The molecule has 17 heavy (non-hydrogen) atoms. The van der Waals surface area contributed by atoms with E-state index in [1.807, 2.05) is 0 Å². The maximum atomic E-state index is 3.68. The molecule has 0 spiro atoms. The van der Waals surface area contributed by atoms with Gasteiger partial charge in [-0.05, 0) is 51.0 Å². The molecular weight excluding hydrogens is 208 g/mol. The maximum absolute atomic E-state index is 3.68. The van der Waals surface area contributed by atoms with Crippen LogP contribution in [0.2, 0.25) is 0 Å². The summed E-state index contributed by atoms with van der Waals surface area (Å²) in [5.41, 5.74) is 0. The van der Waals surface area contributed by atoms with Crippen LogP contribution in [-0.4, -0.2) is 36.6 Å². The molecule has 2 heteroatoms.